The van der Waals surface area contributed by atoms with Gasteiger partial charge in [-0.05, 0) is 37.8 Å². The molecule has 0 bridgehead atoms. The van der Waals surface area contributed by atoms with E-state index in [1.54, 1.807) is 0 Å². The number of carbonyl (C=O) groups is 1. The van der Waals surface area contributed by atoms with Crippen molar-refractivity contribution in [2.45, 2.75) is 39.7 Å². The van der Waals surface area contributed by atoms with Gasteiger partial charge in [-0.2, -0.15) is 11.8 Å². The number of nitrogens with one attached hydrogen (secondary N) is 2. The maximum Gasteiger partial charge on any atom is 0.236 e. The van der Waals surface area contributed by atoms with Crippen molar-refractivity contribution < 1.29 is 4.79 Å². The molecule has 1 amide bonds. The van der Waals surface area contributed by atoms with E-state index in [9.17, 15) is 4.79 Å². The fourth-order valence-electron chi connectivity index (χ4n) is 1.36. The van der Waals surface area contributed by atoms with Crippen LogP contribution in [0.1, 0.15) is 33.6 Å². The molecule has 96 valence electrons. The number of thioether (sulfide) groups is 1. The molecule has 4 heteroatoms. The molecule has 0 saturated carbocycles. The van der Waals surface area contributed by atoms with Gasteiger partial charge in [0.15, 0.2) is 0 Å². The van der Waals surface area contributed by atoms with Gasteiger partial charge in [-0.3, -0.25) is 4.79 Å². The highest BCUT2D eigenvalue weighted by Gasteiger charge is 2.12. The van der Waals surface area contributed by atoms with E-state index in [2.05, 4.69) is 30.7 Å². The Morgan fingerprint density at radius 1 is 1.38 bits per heavy atom. The van der Waals surface area contributed by atoms with E-state index >= 15 is 0 Å². The van der Waals surface area contributed by atoms with Crippen molar-refractivity contribution in [3.63, 3.8) is 0 Å². The summed E-state index contributed by atoms with van der Waals surface area (Å²) in [4.78, 5) is 11.6. The second kappa shape index (κ2) is 9.97. The second-order valence-electron chi connectivity index (χ2n) is 4.34. The highest BCUT2D eigenvalue weighted by Crippen LogP contribution is 2.02. The normalized spacial score (nSPS) is 14.5. The molecule has 0 fully saturated rings. The fourth-order valence-corrected chi connectivity index (χ4v) is 2.04. The molecule has 0 heterocycles. The molecule has 2 atom stereocenters. The van der Waals surface area contributed by atoms with Gasteiger partial charge in [0.05, 0.1) is 6.04 Å². The van der Waals surface area contributed by atoms with Crippen LogP contribution in [0.25, 0.3) is 0 Å². The Morgan fingerprint density at radius 3 is 2.62 bits per heavy atom. The first-order valence-electron chi connectivity index (χ1n) is 6.11. The first-order valence-corrected chi connectivity index (χ1v) is 7.51. The molecule has 0 aliphatic rings. The lowest BCUT2D eigenvalue weighted by atomic mass is 10.2. The fraction of sp³-hybridized carbons (Fsp3) is 0.917. The SMILES string of the molecule is CCCCNC(=O)C(C)NCC(C)CSC. The molecule has 0 radical (unpaired) electrons. The number of rotatable bonds is 9. The lowest BCUT2D eigenvalue weighted by molar-refractivity contribution is -0.122. The lowest BCUT2D eigenvalue weighted by Gasteiger charge is -2.16. The summed E-state index contributed by atoms with van der Waals surface area (Å²) >= 11 is 1.85. The summed E-state index contributed by atoms with van der Waals surface area (Å²) in [6.45, 7) is 7.95. The van der Waals surface area contributed by atoms with Crippen molar-refractivity contribution >= 4 is 17.7 Å². The topological polar surface area (TPSA) is 41.1 Å². The molecule has 3 nitrogen and oxygen atoms in total. The molecule has 2 unspecified atom stereocenters. The zero-order valence-corrected chi connectivity index (χ0v) is 11.8. The first-order chi connectivity index (χ1) is 7.61. The Kier molecular flexibility index (Phi) is 9.83. The van der Waals surface area contributed by atoms with E-state index in [0.29, 0.717) is 5.92 Å². The van der Waals surface area contributed by atoms with Gasteiger partial charge in [-0.25, -0.2) is 0 Å². The van der Waals surface area contributed by atoms with Crippen LogP contribution in [0.15, 0.2) is 0 Å². The summed E-state index contributed by atoms with van der Waals surface area (Å²) in [5.74, 6) is 1.86. The largest absolute Gasteiger partial charge is 0.355 e. The Morgan fingerprint density at radius 2 is 2.06 bits per heavy atom. The second-order valence-corrected chi connectivity index (χ2v) is 5.25. The smallest absolute Gasteiger partial charge is 0.236 e. The van der Waals surface area contributed by atoms with Crippen LogP contribution in [0.4, 0.5) is 0 Å². The van der Waals surface area contributed by atoms with Crippen LogP contribution in [0, 0.1) is 5.92 Å². The van der Waals surface area contributed by atoms with Crippen molar-refractivity contribution in [1.82, 2.24) is 10.6 Å². The molecule has 2 N–H and O–H groups in total. The van der Waals surface area contributed by atoms with Gasteiger partial charge in [0.25, 0.3) is 0 Å². The number of hydrogen-bond donors (Lipinski definition) is 2. The van der Waals surface area contributed by atoms with Crippen molar-refractivity contribution in [3.8, 4) is 0 Å². The monoisotopic (exact) mass is 246 g/mol. The Hall–Kier alpha value is -0.220. The van der Waals surface area contributed by atoms with Gasteiger partial charge in [0.1, 0.15) is 0 Å². The zero-order valence-electron chi connectivity index (χ0n) is 11.0. The summed E-state index contributed by atoms with van der Waals surface area (Å²) in [5, 5.41) is 6.20. The van der Waals surface area contributed by atoms with Crippen LogP contribution in [0.3, 0.4) is 0 Å². The summed E-state index contributed by atoms with van der Waals surface area (Å²) in [5.41, 5.74) is 0. The van der Waals surface area contributed by atoms with Crippen LogP contribution in [0.2, 0.25) is 0 Å². The zero-order chi connectivity index (χ0) is 12.4. The molecular weight excluding hydrogens is 220 g/mol. The van der Waals surface area contributed by atoms with E-state index in [1.165, 1.54) is 0 Å². The van der Waals surface area contributed by atoms with Crippen molar-refractivity contribution in [1.29, 1.82) is 0 Å². The maximum atomic E-state index is 11.6. The molecule has 0 aromatic heterocycles. The number of unbranched alkanes of at least 4 members (excludes halogenated alkanes) is 1. The lowest BCUT2D eigenvalue weighted by Crippen LogP contribution is -2.44. The summed E-state index contributed by atoms with van der Waals surface area (Å²) in [6, 6.07) is -0.0823. The average molecular weight is 246 g/mol. The van der Waals surface area contributed by atoms with Crippen LogP contribution >= 0.6 is 11.8 Å². The quantitative estimate of drug-likeness (QED) is 0.610. The number of carbonyl (C=O) groups excluding carboxylic acids is 1. The Labute approximate surface area is 104 Å². The molecule has 0 saturated heterocycles. The Bertz CT molecular complexity index is 188. The molecular formula is C12H26N2OS. The van der Waals surface area contributed by atoms with Crippen molar-refractivity contribution in [2.75, 3.05) is 25.1 Å². The standard InChI is InChI=1S/C12H26N2OS/c1-5-6-7-13-12(15)11(3)14-8-10(2)9-16-4/h10-11,14H,5-9H2,1-4H3,(H,13,15). The van der Waals surface area contributed by atoms with Crippen LogP contribution in [-0.4, -0.2) is 37.0 Å². The molecule has 0 aromatic carbocycles. The van der Waals surface area contributed by atoms with Gasteiger partial charge < -0.3 is 10.6 Å². The maximum absolute atomic E-state index is 11.6. The third-order valence-corrected chi connectivity index (χ3v) is 3.35. The molecule has 0 rings (SSSR count). The van der Waals surface area contributed by atoms with E-state index < -0.39 is 0 Å². The van der Waals surface area contributed by atoms with Crippen LogP contribution < -0.4 is 10.6 Å². The van der Waals surface area contributed by atoms with Crippen molar-refractivity contribution in [2.24, 2.45) is 5.92 Å². The summed E-state index contributed by atoms with van der Waals surface area (Å²) in [6.07, 6.45) is 4.28. The predicted molar refractivity (Wildman–Crippen MR) is 72.9 cm³/mol. The van der Waals surface area contributed by atoms with E-state index in [-0.39, 0.29) is 11.9 Å². The van der Waals surface area contributed by atoms with E-state index in [0.717, 1.165) is 31.7 Å². The molecule has 0 aliphatic carbocycles. The highest BCUT2D eigenvalue weighted by molar-refractivity contribution is 7.98. The third kappa shape index (κ3) is 7.99. The van der Waals surface area contributed by atoms with E-state index in [4.69, 9.17) is 0 Å². The van der Waals surface area contributed by atoms with Crippen LogP contribution in [0.5, 0.6) is 0 Å². The number of hydrogen-bond acceptors (Lipinski definition) is 3. The third-order valence-electron chi connectivity index (χ3n) is 2.45. The number of amides is 1. The van der Waals surface area contributed by atoms with Gasteiger partial charge in [-0.15, -0.1) is 0 Å². The van der Waals surface area contributed by atoms with Gasteiger partial charge in [-0.1, -0.05) is 20.3 Å². The minimum Gasteiger partial charge on any atom is -0.355 e. The summed E-state index contributed by atoms with van der Waals surface area (Å²) in [7, 11) is 0. The molecule has 0 aromatic rings. The average Bonchev–Trinajstić information content (AvgIpc) is 2.26. The van der Waals surface area contributed by atoms with Crippen LogP contribution in [-0.2, 0) is 4.79 Å². The van der Waals surface area contributed by atoms with Gasteiger partial charge >= 0.3 is 0 Å². The van der Waals surface area contributed by atoms with Gasteiger partial charge in [0, 0.05) is 6.54 Å². The summed E-state index contributed by atoms with van der Waals surface area (Å²) < 4.78 is 0. The van der Waals surface area contributed by atoms with E-state index in [1.807, 2.05) is 18.7 Å². The first kappa shape index (κ1) is 15.8. The Balaban J connectivity index is 3.62. The highest BCUT2D eigenvalue weighted by atomic mass is 32.2. The van der Waals surface area contributed by atoms with Crippen molar-refractivity contribution in [3.05, 3.63) is 0 Å². The molecule has 16 heavy (non-hydrogen) atoms. The van der Waals surface area contributed by atoms with Gasteiger partial charge in [0.2, 0.25) is 5.91 Å². The molecule has 0 spiro atoms. The predicted octanol–water partition coefficient (Wildman–Crippen LogP) is 1.88. The minimum absolute atomic E-state index is 0.0823. The minimum atomic E-state index is -0.0823. The molecule has 0 aliphatic heterocycles.